The molecule has 45 heavy (non-hydrogen) atoms. The minimum atomic E-state index is -0.0463. The Morgan fingerprint density at radius 1 is 0.444 bits per heavy atom. The van der Waals surface area contributed by atoms with E-state index in [0.717, 1.165) is 97.8 Å². The summed E-state index contributed by atoms with van der Waals surface area (Å²) in [4.78, 5) is 60.4. The summed E-state index contributed by atoms with van der Waals surface area (Å²) >= 11 is 0. The van der Waals surface area contributed by atoms with E-state index in [1.54, 1.807) is 14.7 Å². The summed E-state index contributed by atoms with van der Waals surface area (Å²) < 4.78 is 0. The quantitative estimate of drug-likeness (QED) is 0.105. The van der Waals surface area contributed by atoms with Crippen molar-refractivity contribution < 1.29 is 24.0 Å². The minimum absolute atomic E-state index is 0.0143. The molecular weight excluding hydrogens is 588 g/mol. The molecule has 5 saturated heterocycles. The van der Waals surface area contributed by atoms with Crippen LogP contribution in [0.4, 0.5) is 24.0 Å². The SMILES string of the molecule is NCCCCN1CCNC1=O.NCCN1CCN(CCN)C1=O.NCCN1CCNC1=O.O=C1NCCCN1.O=C1NCCN1. The first-order valence-electron chi connectivity index (χ1n) is 15.7. The number of nitrogens with zero attached hydrogens (tertiary/aromatic N) is 4. The van der Waals surface area contributed by atoms with Crippen LogP contribution in [0.2, 0.25) is 0 Å². The van der Waals surface area contributed by atoms with E-state index in [0.29, 0.717) is 39.3 Å². The van der Waals surface area contributed by atoms with Crippen molar-refractivity contribution in [3.63, 3.8) is 0 Å². The Kier molecular flexibility index (Phi) is 21.4. The lowest BCUT2D eigenvalue weighted by molar-refractivity contribution is 0.194. The Morgan fingerprint density at radius 3 is 1.20 bits per heavy atom. The summed E-state index contributed by atoms with van der Waals surface area (Å²) in [5, 5.41) is 15.8. The number of carbonyl (C=O) groups is 5. The molecule has 0 aromatic carbocycles. The first-order chi connectivity index (χ1) is 21.8. The van der Waals surface area contributed by atoms with Crippen molar-refractivity contribution in [2.75, 3.05) is 118 Å². The van der Waals surface area contributed by atoms with Crippen molar-refractivity contribution in [1.29, 1.82) is 0 Å². The zero-order chi connectivity index (χ0) is 33.3. The van der Waals surface area contributed by atoms with Gasteiger partial charge >= 0.3 is 30.2 Å². The molecule has 0 aromatic heterocycles. The Balaban J connectivity index is 0.000000287. The van der Waals surface area contributed by atoms with Crippen molar-refractivity contribution in [2.24, 2.45) is 22.9 Å². The number of rotatable bonds is 10. The van der Waals surface area contributed by atoms with Crippen molar-refractivity contribution in [3.05, 3.63) is 0 Å². The van der Waals surface area contributed by atoms with Gasteiger partial charge in [-0.2, -0.15) is 0 Å². The highest BCUT2D eigenvalue weighted by Crippen LogP contribution is 2.06. The van der Waals surface area contributed by atoms with Crippen molar-refractivity contribution in [1.82, 2.24) is 51.5 Å². The van der Waals surface area contributed by atoms with E-state index in [2.05, 4.69) is 31.9 Å². The lowest BCUT2D eigenvalue weighted by Crippen LogP contribution is -2.42. The summed E-state index contributed by atoms with van der Waals surface area (Å²) in [6.07, 6.45) is 3.07. The van der Waals surface area contributed by atoms with E-state index in [-0.39, 0.29) is 30.2 Å². The third-order valence-electron chi connectivity index (χ3n) is 6.77. The second-order valence-electron chi connectivity index (χ2n) is 10.3. The standard InChI is InChI=1S/C7H16N4O.C7H15N3O.C5H11N3O.C4H8N2O.C3H6N2O/c8-1-3-10-5-6-11(4-2-9)7(10)12;8-3-1-2-5-10-6-4-9-7(10)11;6-1-3-8-4-2-7-5(8)9;7-4-5-2-1-3-6-4;6-3-4-1-2-5-3/h1-6,8-9H2;1-6,8H2,(H,9,11);1-4,6H2,(H,7,9);1-3H2,(H2,5,6,7);1-2H2,(H2,4,5,6). The molecule has 5 heterocycles. The van der Waals surface area contributed by atoms with Gasteiger partial charge in [0.15, 0.2) is 0 Å². The number of hydrogen-bond acceptors (Lipinski definition) is 9. The topological polar surface area (TPSA) is 275 Å². The Bertz CT molecular complexity index is 851. The number of nitrogens with two attached hydrogens (primary N) is 4. The van der Waals surface area contributed by atoms with Gasteiger partial charge < -0.3 is 74.4 Å². The normalized spacial score (nSPS) is 18.4. The molecule has 0 bridgehead atoms. The summed E-state index contributed by atoms with van der Waals surface area (Å²) in [6, 6.07) is 0.0784. The molecule has 10 amide bonds. The van der Waals surface area contributed by atoms with E-state index in [1.165, 1.54) is 0 Å². The van der Waals surface area contributed by atoms with Gasteiger partial charge in [-0.1, -0.05) is 0 Å². The van der Waals surface area contributed by atoms with Crippen molar-refractivity contribution >= 4 is 30.2 Å². The van der Waals surface area contributed by atoms with Crippen LogP contribution in [0.5, 0.6) is 0 Å². The highest BCUT2D eigenvalue weighted by atomic mass is 16.2. The van der Waals surface area contributed by atoms with E-state index >= 15 is 0 Å². The zero-order valence-electron chi connectivity index (χ0n) is 26.5. The van der Waals surface area contributed by atoms with Crippen LogP contribution in [0.25, 0.3) is 0 Å². The van der Waals surface area contributed by atoms with Crippen LogP contribution in [0.1, 0.15) is 19.3 Å². The predicted octanol–water partition coefficient (Wildman–Crippen LogP) is -3.65. The predicted molar refractivity (Wildman–Crippen MR) is 171 cm³/mol. The van der Waals surface area contributed by atoms with Crippen LogP contribution < -0.4 is 54.8 Å². The molecular formula is C26H56N14O5. The maximum atomic E-state index is 11.4. The van der Waals surface area contributed by atoms with Gasteiger partial charge in [0.2, 0.25) is 0 Å². The smallest absolute Gasteiger partial charge is 0.320 e. The second kappa shape index (κ2) is 24.5. The molecule has 5 aliphatic heterocycles. The third-order valence-corrected chi connectivity index (χ3v) is 6.77. The lowest BCUT2D eigenvalue weighted by atomic mass is 10.3. The molecule has 260 valence electrons. The van der Waals surface area contributed by atoms with E-state index < -0.39 is 0 Å². The molecule has 5 fully saturated rings. The maximum absolute atomic E-state index is 11.4. The molecule has 14 N–H and O–H groups in total. The van der Waals surface area contributed by atoms with Crippen LogP contribution in [0, 0.1) is 0 Å². The van der Waals surface area contributed by atoms with Gasteiger partial charge in [-0.3, -0.25) is 0 Å². The van der Waals surface area contributed by atoms with E-state index in [4.69, 9.17) is 22.9 Å². The largest absolute Gasteiger partial charge is 0.338 e. The van der Waals surface area contributed by atoms with Gasteiger partial charge in [0.05, 0.1) is 0 Å². The fraction of sp³-hybridized carbons (Fsp3) is 0.808. The molecule has 19 nitrogen and oxygen atoms in total. The fourth-order valence-electron chi connectivity index (χ4n) is 4.38. The molecule has 0 radical (unpaired) electrons. The molecule has 5 rings (SSSR count). The van der Waals surface area contributed by atoms with E-state index in [9.17, 15) is 24.0 Å². The second-order valence-corrected chi connectivity index (χ2v) is 10.3. The number of hydrogen-bond donors (Lipinski definition) is 10. The van der Waals surface area contributed by atoms with Crippen molar-refractivity contribution in [3.8, 4) is 0 Å². The highest BCUT2D eigenvalue weighted by Gasteiger charge is 2.26. The summed E-state index contributed by atoms with van der Waals surface area (Å²) in [5.41, 5.74) is 21.3. The Labute approximate surface area is 265 Å². The molecule has 0 atom stereocenters. The highest BCUT2D eigenvalue weighted by molar-refractivity contribution is 5.77. The molecule has 0 aliphatic carbocycles. The van der Waals surface area contributed by atoms with Crippen LogP contribution in [0.15, 0.2) is 0 Å². The Hall–Kier alpha value is -3.81. The van der Waals surface area contributed by atoms with Crippen LogP contribution >= 0.6 is 0 Å². The lowest BCUT2D eigenvalue weighted by Gasteiger charge is -2.16. The number of nitrogens with one attached hydrogen (secondary N) is 6. The Morgan fingerprint density at radius 2 is 0.867 bits per heavy atom. The molecule has 0 saturated carbocycles. The fourth-order valence-corrected chi connectivity index (χ4v) is 4.38. The van der Waals surface area contributed by atoms with Crippen LogP contribution in [-0.2, 0) is 0 Å². The van der Waals surface area contributed by atoms with Gasteiger partial charge in [0, 0.05) is 111 Å². The molecule has 0 unspecified atom stereocenters. The van der Waals surface area contributed by atoms with Gasteiger partial charge in [0.1, 0.15) is 0 Å². The van der Waals surface area contributed by atoms with Crippen LogP contribution in [-0.4, -0.2) is 168 Å². The zero-order valence-corrected chi connectivity index (χ0v) is 26.5. The maximum Gasteiger partial charge on any atom is 0.320 e. The molecule has 0 spiro atoms. The molecule has 19 heteroatoms. The number of urea groups is 5. The first-order valence-corrected chi connectivity index (χ1v) is 15.7. The third kappa shape index (κ3) is 17.3. The molecule has 5 aliphatic rings. The first kappa shape index (κ1) is 39.2. The van der Waals surface area contributed by atoms with Gasteiger partial charge in [-0.05, 0) is 25.8 Å². The van der Waals surface area contributed by atoms with Gasteiger partial charge in [-0.25, -0.2) is 24.0 Å². The summed E-state index contributed by atoms with van der Waals surface area (Å²) in [6.45, 7) is 13.1. The number of unbranched alkanes of at least 4 members (excludes halogenated alkanes) is 1. The average Bonchev–Trinajstić information content (AvgIpc) is 3.84. The van der Waals surface area contributed by atoms with E-state index in [1.807, 2.05) is 4.90 Å². The van der Waals surface area contributed by atoms with Crippen LogP contribution in [0.3, 0.4) is 0 Å². The van der Waals surface area contributed by atoms with Gasteiger partial charge in [-0.15, -0.1) is 0 Å². The number of amides is 10. The average molecular weight is 645 g/mol. The monoisotopic (exact) mass is 644 g/mol. The minimum Gasteiger partial charge on any atom is -0.338 e. The molecule has 0 aromatic rings. The van der Waals surface area contributed by atoms with Gasteiger partial charge in [0.25, 0.3) is 0 Å². The number of carbonyl (C=O) groups excluding carboxylic acids is 5. The summed E-state index contributed by atoms with van der Waals surface area (Å²) in [5.74, 6) is 0. The summed E-state index contributed by atoms with van der Waals surface area (Å²) in [7, 11) is 0. The van der Waals surface area contributed by atoms with Crippen molar-refractivity contribution in [2.45, 2.75) is 19.3 Å².